The number of likely N-dealkylation sites (N-methyl/N-ethyl adjacent to an activating group) is 1. The van der Waals surface area contributed by atoms with Crippen molar-refractivity contribution in [2.45, 2.75) is 159 Å². The maximum Gasteiger partial charge on any atom is 0.409 e. The van der Waals surface area contributed by atoms with Crippen LogP contribution in [-0.2, 0) is 79.7 Å². The van der Waals surface area contributed by atoms with E-state index >= 15 is 0 Å². The van der Waals surface area contributed by atoms with Gasteiger partial charge in [-0.1, -0.05) is 63.9 Å². The number of esters is 1. The fourth-order valence-electron chi connectivity index (χ4n) is 10.7. The summed E-state index contributed by atoms with van der Waals surface area (Å²) in [5.41, 5.74) is 4.33. The normalized spacial score (nSPS) is 25.7. The smallest absolute Gasteiger partial charge is 0.409 e. The molecular formula is C61H81ClN6O18S2. The Morgan fingerprint density at radius 3 is 2.42 bits per heavy atom. The number of ether oxygens (including phenoxy) is 8. The fourth-order valence-corrected chi connectivity index (χ4v) is 13.5. The fraction of sp³-hybridized carbons (Fsp3) is 0.590. The van der Waals surface area contributed by atoms with Gasteiger partial charge in [0.05, 0.1) is 63.9 Å². The first kappa shape index (κ1) is 69.2. The lowest BCUT2D eigenvalue weighted by molar-refractivity contribution is -0.198. The van der Waals surface area contributed by atoms with Crippen molar-refractivity contribution in [1.29, 1.82) is 0 Å². The number of aliphatic hydroxyl groups is 1. The molecule has 2 aromatic rings. The molecule has 482 valence electrons. The van der Waals surface area contributed by atoms with E-state index in [1.54, 1.807) is 45.2 Å². The average molecular weight is 1290 g/mol. The summed E-state index contributed by atoms with van der Waals surface area (Å²) in [6.07, 6.45) is 2.94. The highest BCUT2D eigenvalue weighted by Crippen LogP contribution is 2.49. The summed E-state index contributed by atoms with van der Waals surface area (Å²) in [7, 11) is 8.83. The van der Waals surface area contributed by atoms with Crippen LogP contribution < -0.4 is 25.1 Å². The second-order valence-electron chi connectivity index (χ2n) is 23.1. The predicted molar refractivity (Wildman–Crippen MR) is 327 cm³/mol. The Bertz CT molecular complexity index is 3000. The van der Waals surface area contributed by atoms with E-state index in [9.17, 15) is 43.5 Å². The van der Waals surface area contributed by atoms with Crippen molar-refractivity contribution in [1.82, 2.24) is 20.7 Å². The summed E-state index contributed by atoms with van der Waals surface area (Å²) in [5.74, 6) is -2.91. The van der Waals surface area contributed by atoms with Gasteiger partial charge >= 0.3 is 18.0 Å². The largest absolute Gasteiger partial charge is 0.495 e. The quantitative estimate of drug-likeness (QED) is 0.0245. The molecule has 0 unspecified atom stereocenters. The van der Waals surface area contributed by atoms with Crippen molar-refractivity contribution in [2.24, 2.45) is 11.0 Å². The van der Waals surface area contributed by atoms with Crippen LogP contribution in [0.1, 0.15) is 116 Å². The number of imide groups is 1. The van der Waals surface area contributed by atoms with Gasteiger partial charge in [-0.2, -0.15) is 5.10 Å². The molecule has 0 spiro atoms. The van der Waals surface area contributed by atoms with Crippen LogP contribution in [0.15, 0.2) is 59.2 Å². The van der Waals surface area contributed by atoms with E-state index in [0.717, 1.165) is 40.8 Å². The van der Waals surface area contributed by atoms with Gasteiger partial charge in [-0.3, -0.25) is 29.3 Å². The number of anilines is 1. The van der Waals surface area contributed by atoms with Gasteiger partial charge in [0.1, 0.15) is 53.1 Å². The van der Waals surface area contributed by atoms with E-state index in [1.165, 1.54) is 59.6 Å². The Balaban J connectivity index is 0.876. The third kappa shape index (κ3) is 18.2. The van der Waals surface area contributed by atoms with E-state index in [4.69, 9.17) is 54.3 Å². The van der Waals surface area contributed by atoms with Gasteiger partial charge in [-0.15, -0.1) is 5.06 Å². The van der Waals surface area contributed by atoms with Gasteiger partial charge in [-0.25, -0.2) is 19.8 Å². The molecule has 3 fully saturated rings. The molecule has 3 saturated heterocycles. The van der Waals surface area contributed by atoms with Gasteiger partial charge in [0.15, 0.2) is 5.72 Å². The van der Waals surface area contributed by atoms with E-state index in [1.807, 2.05) is 45.0 Å². The summed E-state index contributed by atoms with van der Waals surface area (Å²) in [6.45, 7) is 11.9. The van der Waals surface area contributed by atoms with E-state index in [-0.39, 0.29) is 88.2 Å². The van der Waals surface area contributed by atoms with Crippen molar-refractivity contribution in [2.75, 3.05) is 72.0 Å². The highest BCUT2D eigenvalue weighted by molar-refractivity contribution is 8.77. The maximum atomic E-state index is 14.4. The number of fused-ring (bicyclic) bond motifs is 6. The zero-order chi connectivity index (χ0) is 64.1. The molecule has 1 aliphatic carbocycles. The lowest BCUT2D eigenvalue weighted by Crippen LogP contribution is -2.63. The predicted octanol–water partition coefficient (Wildman–Crippen LogP) is 6.72. The molecule has 5 aliphatic rings. The van der Waals surface area contributed by atoms with E-state index in [0.29, 0.717) is 47.5 Å². The lowest BCUT2D eigenvalue weighted by atomic mass is 9.83. The topological polar surface area (TPSA) is 289 Å². The Labute approximate surface area is 525 Å². The summed E-state index contributed by atoms with van der Waals surface area (Å²) < 4.78 is 45.9. The molecule has 4 heterocycles. The first-order valence-corrected chi connectivity index (χ1v) is 31.9. The first-order chi connectivity index (χ1) is 41.8. The number of hydroxylamine groups is 2. The Morgan fingerprint density at radius 1 is 0.989 bits per heavy atom. The first-order valence-electron chi connectivity index (χ1n) is 29.2. The van der Waals surface area contributed by atoms with Crippen LogP contribution in [0.3, 0.4) is 0 Å². The van der Waals surface area contributed by atoms with Gasteiger partial charge in [0, 0.05) is 75.3 Å². The minimum absolute atomic E-state index is 0.0245. The number of carbonyl (C=O) groups excluding carboxylic acids is 8. The minimum Gasteiger partial charge on any atom is -0.495 e. The number of rotatable bonds is 24. The molecule has 0 saturated carbocycles. The zero-order valence-electron chi connectivity index (χ0n) is 51.5. The molecule has 27 heteroatoms. The number of benzene rings is 2. The number of aryl methyl sites for hydroxylation is 1. The minimum atomic E-state index is -1.88. The summed E-state index contributed by atoms with van der Waals surface area (Å²) in [4.78, 5) is 111. The van der Waals surface area contributed by atoms with Crippen LogP contribution in [0.2, 0.25) is 5.02 Å². The molecule has 0 aromatic heterocycles. The van der Waals surface area contributed by atoms with Gasteiger partial charge in [0.25, 0.3) is 11.8 Å². The van der Waals surface area contributed by atoms with E-state index < -0.39 is 88.2 Å². The highest BCUT2D eigenvalue weighted by atomic mass is 35.5. The molecule has 2 aromatic carbocycles. The number of hydrazone groups is 1. The number of hydrogen-bond acceptors (Lipinski definition) is 21. The van der Waals surface area contributed by atoms with Gasteiger partial charge < -0.3 is 57.6 Å². The second kappa shape index (κ2) is 31.0. The summed E-state index contributed by atoms with van der Waals surface area (Å²) in [5, 5.41) is 19.6. The SMILES string of the molecule is COc1cc2cc(c1Cl)N(C)C(=O)C[C@H](OC(=O)[C@H](C)N(C)C(=O)CCSSC(C)(C)CC(=O)N/N=C1\CCCc3cc(OCCOCCOCCC(=O)ON4C(=O)CCC4=O)ccc31)[C@]1(C)O[C@H]1[C@H](C)[C@@H]1C[C@@](O)(NC(=O)O1)[C@H](OC)/C=C/C=C(\C)C2. The van der Waals surface area contributed by atoms with Crippen LogP contribution in [0, 0.1) is 5.92 Å². The van der Waals surface area contributed by atoms with Crippen molar-refractivity contribution in [3.8, 4) is 11.5 Å². The lowest BCUT2D eigenvalue weighted by Gasteiger charge is -2.42. The number of nitrogens with zero attached hydrogens (tertiary/aromatic N) is 4. The highest BCUT2D eigenvalue weighted by Gasteiger charge is 2.64. The number of carbonyl (C=O) groups is 8. The Kier molecular flexibility index (Phi) is 24.4. The third-order valence-corrected chi connectivity index (χ3v) is 19.5. The van der Waals surface area contributed by atoms with Crippen LogP contribution in [0.5, 0.6) is 11.5 Å². The number of allylic oxidation sites excluding steroid dienone is 3. The average Bonchev–Trinajstić information content (AvgIpc) is 1.81. The molecule has 8 atom stereocenters. The number of nitrogens with one attached hydrogen (secondary N) is 2. The molecule has 6 amide bonds. The number of amides is 6. The van der Waals surface area contributed by atoms with Crippen LogP contribution in [0.4, 0.5) is 10.5 Å². The van der Waals surface area contributed by atoms with Crippen molar-refractivity contribution in [3.63, 3.8) is 0 Å². The number of hydrogen-bond donors (Lipinski definition) is 3. The Hall–Kier alpha value is -6.26. The van der Waals surface area contributed by atoms with Crippen molar-refractivity contribution < 1.29 is 86.2 Å². The number of epoxide rings is 1. The van der Waals surface area contributed by atoms with Crippen molar-refractivity contribution in [3.05, 3.63) is 75.8 Å². The van der Waals surface area contributed by atoms with Gasteiger partial charge in [-0.05, 0) is 102 Å². The standard InChI is InChI=1S/C61H81ClN6O18S2/c1-36-13-11-16-47(79-10)61(77)34-46(83-58(76)63-61)37(2)56-60(6,85-56)48(33-53(73)67(8)44-30-39(29-36)31-45(78-9)55(44)62)84-57(75)38(3)66(7)50(70)22-28-87-88-59(4,5)35-49(69)65-64-43-15-12-14-40-32-41(17-18-42(40)43)82-27-26-81-25-24-80-23-21-54(74)86-68-51(71)19-20-52(68)72/h11,13,16-18,30-32,37-38,46-48,56,77H,12,14-15,19-29,33-35H2,1-10H3,(H,63,76)(H,65,69)/b16-11+,36-13+,64-43+/t37-,38+,46+,47-,48+,56+,60+,61+/m1/s1. The third-order valence-electron chi connectivity index (χ3n) is 15.9. The monoisotopic (exact) mass is 1280 g/mol. The molecule has 24 nitrogen and oxygen atoms in total. The molecule has 88 heavy (non-hydrogen) atoms. The van der Waals surface area contributed by atoms with Crippen LogP contribution in [0.25, 0.3) is 0 Å². The molecule has 0 radical (unpaired) electrons. The Morgan fingerprint density at radius 2 is 1.70 bits per heavy atom. The maximum absolute atomic E-state index is 14.4. The van der Waals surface area contributed by atoms with Gasteiger partial charge in [0.2, 0.25) is 17.7 Å². The van der Waals surface area contributed by atoms with Crippen molar-refractivity contribution >= 4 is 92.2 Å². The number of halogens is 1. The molecule has 4 aliphatic heterocycles. The zero-order valence-corrected chi connectivity index (χ0v) is 53.9. The van der Waals surface area contributed by atoms with E-state index in [2.05, 4.69) is 15.8 Å². The van der Waals surface area contributed by atoms with Crippen LogP contribution in [-0.4, -0.2) is 182 Å². The van der Waals surface area contributed by atoms with Crippen LogP contribution >= 0.6 is 33.2 Å². The summed E-state index contributed by atoms with van der Waals surface area (Å²) >= 11 is 6.85. The summed E-state index contributed by atoms with van der Waals surface area (Å²) in [6, 6.07) is 8.19. The number of alkyl carbamates (subject to hydrolysis) is 1. The number of methoxy groups -OCH3 is 2. The molecule has 7 rings (SSSR count). The molecule has 4 bridgehead atoms. The molecule has 3 N–H and O–H groups in total. The molecular weight excluding hydrogens is 1200 g/mol. The second-order valence-corrected chi connectivity index (χ2v) is 26.6.